The van der Waals surface area contributed by atoms with E-state index in [1.807, 2.05) is 6.08 Å². The van der Waals surface area contributed by atoms with Gasteiger partial charge in [0, 0.05) is 0 Å². The molecular weight excluding hydrogens is 122 g/mol. The molecule has 0 aliphatic carbocycles. The van der Waals surface area contributed by atoms with E-state index in [0.29, 0.717) is 0 Å². The average molecular weight is 139 g/mol. The van der Waals surface area contributed by atoms with Gasteiger partial charge in [0.2, 0.25) is 0 Å². The summed E-state index contributed by atoms with van der Waals surface area (Å²) >= 11 is 0. The second-order valence-electron chi connectivity index (χ2n) is 2.46. The standard InChI is InChI=1S/C9H17N/c1-3-4-6-9(2)7-5-8-10/h3,7H,1,4-6,8,10H2,2H3. The molecule has 0 amide bonds. The zero-order chi connectivity index (χ0) is 7.82. The van der Waals surface area contributed by atoms with Crippen molar-refractivity contribution < 1.29 is 0 Å². The van der Waals surface area contributed by atoms with E-state index in [1.165, 1.54) is 5.57 Å². The van der Waals surface area contributed by atoms with Crippen LogP contribution in [0.15, 0.2) is 24.3 Å². The molecule has 0 fully saturated rings. The van der Waals surface area contributed by atoms with Crippen LogP contribution >= 0.6 is 0 Å². The van der Waals surface area contributed by atoms with E-state index >= 15 is 0 Å². The summed E-state index contributed by atoms with van der Waals surface area (Å²) in [7, 11) is 0. The third-order valence-corrected chi connectivity index (χ3v) is 1.40. The number of nitrogens with two attached hydrogens (primary N) is 1. The summed E-state index contributed by atoms with van der Waals surface area (Å²) in [6, 6.07) is 0. The number of rotatable bonds is 5. The van der Waals surface area contributed by atoms with E-state index in [4.69, 9.17) is 5.73 Å². The molecule has 0 unspecified atom stereocenters. The van der Waals surface area contributed by atoms with Crippen molar-refractivity contribution >= 4 is 0 Å². The molecule has 0 atom stereocenters. The largest absolute Gasteiger partial charge is 0.330 e. The molecule has 0 bridgehead atoms. The molecule has 2 N–H and O–H groups in total. The molecule has 0 aliphatic rings. The van der Waals surface area contributed by atoms with Gasteiger partial charge in [-0.05, 0) is 32.7 Å². The molecule has 0 spiro atoms. The number of allylic oxidation sites excluding steroid dienone is 2. The first kappa shape index (κ1) is 9.44. The minimum Gasteiger partial charge on any atom is -0.330 e. The average Bonchev–Trinajstić information content (AvgIpc) is 1.97. The highest BCUT2D eigenvalue weighted by atomic mass is 14.5. The van der Waals surface area contributed by atoms with Crippen LogP contribution < -0.4 is 5.73 Å². The van der Waals surface area contributed by atoms with Gasteiger partial charge < -0.3 is 5.73 Å². The van der Waals surface area contributed by atoms with Crippen molar-refractivity contribution in [2.75, 3.05) is 6.54 Å². The van der Waals surface area contributed by atoms with E-state index in [9.17, 15) is 0 Å². The molecular formula is C9H17N. The lowest BCUT2D eigenvalue weighted by molar-refractivity contribution is 0.936. The normalized spacial score (nSPS) is 11.6. The fraction of sp³-hybridized carbons (Fsp3) is 0.556. The Morgan fingerprint density at radius 3 is 2.70 bits per heavy atom. The maximum absolute atomic E-state index is 5.34. The van der Waals surface area contributed by atoms with Gasteiger partial charge in [-0.2, -0.15) is 0 Å². The van der Waals surface area contributed by atoms with Crippen LogP contribution in [0, 0.1) is 0 Å². The zero-order valence-electron chi connectivity index (χ0n) is 6.77. The van der Waals surface area contributed by atoms with Gasteiger partial charge in [-0.15, -0.1) is 6.58 Å². The van der Waals surface area contributed by atoms with Crippen LogP contribution in [0.3, 0.4) is 0 Å². The highest BCUT2D eigenvalue weighted by molar-refractivity contribution is 4.99. The Balaban J connectivity index is 3.38. The molecule has 0 aromatic carbocycles. The quantitative estimate of drug-likeness (QED) is 0.581. The molecule has 0 radical (unpaired) electrons. The fourth-order valence-electron chi connectivity index (χ4n) is 0.762. The van der Waals surface area contributed by atoms with Gasteiger partial charge in [-0.25, -0.2) is 0 Å². The first-order chi connectivity index (χ1) is 4.81. The Hall–Kier alpha value is -0.560. The van der Waals surface area contributed by atoms with Crippen molar-refractivity contribution in [3.8, 4) is 0 Å². The molecule has 0 rings (SSSR count). The van der Waals surface area contributed by atoms with Gasteiger partial charge in [0.25, 0.3) is 0 Å². The molecule has 58 valence electrons. The Kier molecular flexibility index (Phi) is 6.19. The van der Waals surface area contributed by atoms with E-state index < -0.39 is 0 Å². The van der Waals surface area contributed by atoms with Gasteiger partial charge in [-0.1, -0.05) is 17.7 Å². The summed E-state index contributed by atoms with van der Waals surface area (Å²) in [4.78, 5) is 0. The molecule has 10 heavy (non-hydrogen) atoms. The fourth-order valence-corrected chi connectivity index (χ4v) is 0.762. The second-order valence-corrected chi connectivity index (χ2v) is 2.46. The zero-order valence-corrected chi connectivity index (χ0v) is 6.77. The van der Waals surface area contributed by atoms with E-state index in [-0.39, 0.29) is 0 Å². The molecule has 0 heterocycles. The van der Waals surface area contributed by atoms with Crippen LogP contribution in [0.25, 0.3) is 0 Å². The highest BCUT2D eigenvalue weighted by Crippen LogP contribution is 2.04. The third kappa shape index (κ3) is 5.57. The second kappa shape index (κ2) is 6.56. The van der Waals surface area contributed by atoms with Crippen molar-refractivity contribution in [2.24, 2.45) is 5.73 Å². The van der Waals surface area contributed by atoms with Crippen molar-refractivity contribution in [3.05, 3.63) is 24.3 Å². The minimum absolute atomic E-state index is 0.755. The number of hydrogen-bond acceptors (Lipinski definition) is 1. The van der Waals surface area contributed by atoms with E-state index in [1.54, 1.807) is 0 Å². The van der Waals surface area contributed by atoms with Crippen LogP contribution in [0.4, 0.5) is 0 Å². The van der Waals surface area contributed by atoms with Crippen molar-refractivity contribution in [1.82, 2.24) is 0 Å². The SMILES string of the molecule is C=CCCC(C)=CCCN. The van der Waals surface area contributed by atoms with Crippen LogP contribution in [-0.2, 0) is 0 Å². The molecule has 0 aliphatic heterocycles. The van der Waals surface area contributed by atoms with Crippen LogP contribution in [0.1, 0.15) is 26.2 Å². The third-order valence-electron chi connectivity index (χ3n) is 1.40. The maximum atomic E-state index is 5.34. The van der Waals surface area contributed by atoms with Gasteiger partial charge in [-0.3, -0.25) is 0 Å². The Bertz CT molecular complexity index is 114. The van der Waals surface area contributed by atoms with Gasteiger partial charge in [0.05, 0.1) is 0 Å². The summed E-state index contributed by atoms with van der Waals surface area (Å²) in [5.41, 5.74) is 6.76. The van der Waals surface area contributed by atoms with Gasteiger partial charge >= 0.3 is 0 Å². The summed E-state index contributed by atoms with van der Waals surface area (Å²) < 4.78 is 0. The van der Waals surface area contributed by atoms with Crippen LogP contribution in [0.2, 0.25) is 0 Å². The van der Waals surface area contributed by atoms with Crippen LogP contribution in [-0.4, -0.2) is 6.54 Å². The Labute approximate surface area is 63.6 Å². The van der Waals surface area contributed by atoms with Gasteiger partial charge in [0.1, 0.15) is 0 Å². The molecule has 0 saturated heterocycles. The summed E-state index contributed by atoms with van der Waals surface area (Å²) in [6.45, 7) is 6.55. The first-order valence-corrected chi connectivity index (χ1v) is 3.78. The number of hydrogen-bond donors (Lipinski definition) is 1. The monoisotopic (exact) mass is 139 g/mol. The van der Waals surface area contributed by atoms with E-state index in [0.717, 1.165) is 25.8 Å². The van der Waals surface area contributed by atoms with E-state index in [2.05, 4.69) is 19.6 Å². The predicted molar refractivity (Wildman–Crippen MR) is 46.9 cm³/mol. The summed E-state index contributed by atoms with van der Waals surface area (Å²) in [5.74, 6) is 0. The Morgan fingerprint density at radius 2 is 2.20 bits per heavy atom. The molecule has 0 saturated carbocycles. The topological polar surface area (TPSA) is 26.0 Å². The smallest absolute Gasteiger partial charge is 0.00425 e. The minimum atomic E-state index is 0.755. The van der Waals surface area contributed by atoms with Crippen molar-refractivity contribution in [2.45, 2.75) is 26.2 Å². The molecule has 0 aromatic heterocycles. The lowest BCUT2D eigenvalue weighted by Gasteiger charge is -1.95. The van der Waals surface area contributed by atoms with Crippen molar-refractivity contribution in [1.29, 1.82) is 0 Å². The maximum Gasteiger partial charge on any atom is -0.00425 e. The summed E-state index contributed by atoms with van der Waals surface area (Å²) in [5, 5.41) is 0. The summed E-state index contributed by atoms with van der Waals surface area (Å²) in [6.07, 6.45) is 7.35. The lowest BCUT2D eigenvalue weighted by atomic mass is 10.1. The predicted octanol–water partition coefficient (Wildman–Crippen LogP) is 2.25. The van der Waals surface area contributed by atoms with Crippen molar-refractivity contribution in [3.63, 3.8) is 0 Å². The van der Waals surface area contributed by atoms with Crippen LogP contribution in [0.5, 0.6) is 0 Å². The lowest BCUT2D eigenvalue weighted by Crippen LogP contribution is -1.95. The Morgan fingerprint density at radius 1 is 1.50 bits per heavy atom. The molecule has 1 heteroatoms. The molecule has 0 aromatic rings. The highest BCUT2D eigenvalue weighted by Gasteiger charge is 1.85. The first-order valence-electron chi connectivity index (χ1n) is 3.78. The molecule has 1 nitrogen and oxygen atoms in total. The van der Waals surface area contributed by atoms with Gasteiger partial charge in [0.15, 0.2) is 0 Å².